The van der Waals surface area contributed by atoms with Crippen molar-refractivity contribution in [2.45, 2.75) is 30.6 Å². The molecule has 3 rings (SSSR count). The lowest BCUT2D eigenvalue weighted by Crippen LogP contribution is -2.31. The third-order valence-corrected chi connectivity index (χ3v) is 6.54. The minimum absolute atomic E-state index is 0.0729. The highest BCUT2D eigenvalue weighted by atomic mass is 35.5. The maximum absolute atomic E-state index is 12.7. The van der Waals surface area contributed by atoms with Gasteiger partial charge in [0, 0.05) is 29.4 Å². The van der Waals surface area contributed by atoms with Crippen LogP contribution in [0.5, 0.6) is 0 Å². The van der Waals surface area contributed by atoms with Crippen molar-refractivity contribution in [3.63, 3.8) is 0 Å². The van der Waals surface area contributed by atoms with Crippen molar-refractivity contribution >= 4 is 44.8 Å². The first-order valence-electron chi connectivity index (χ1n) is 8.74. The van der Waals surface area contributed by atoms with E-state index in [1.54, 1.807) is 24.3 Å². The maximum Gasteiger partial charge on any atom is 0.263 e. The molecule has 8 heteroatoms. The van der Waals surface area contributed by atoms with Gasteiger partial charge < -0.3 is 4.90 Å². The lowest BCUT2D eigenvalue weighted by atomic mass is 10.1. The number of carbonyl (C=O) groups is 1. The summed E-state index contributed by atoms with van der Waals surface area (Å²) in [5, 5.41) is 0.341. The number of sulfonamides is 1. The molecular weight excluding hydrogens is 407 g/mol. The number of rotatable bonds is 4. The van der Waals surface area contributed by atoms with Crippen molar-refractivity contribution in [2.75, 3.05) is 17.8 Å². The van der Waals surface area contributed by atoms with Gasteiger partial charge in [-0.15, -0.1) is 0 Å². The summed E-state index contributed by atoms with van der Waals surface area (Å²) in [5.74, 6) is -0.0845. The van der Waals surface area contributed by atoms with E-state index in [0.29, 0.717) is 11.3 Å². The van der Waals surface area contributed by atoms with Gasteiger partial charge in [-0.3, -0.25) is 9.52 Å². The Morgan fingerprint density at radius 1 is 0.963 bits per heavy atom. The van der Waals surface area contributed by atoms with Crippen LogP contribution in [0.3, 0.4) is 0 Å². The Hall–Kier alpha value is -1.76. The average molecular weight is 427 g/mol. The largest absolute Gasteiger partial charge is 0.339 e. The summed E-state index contributed by atoms with van der Waals surface area (Å²) < 4.78 is 27.8. The van der Waals surface area contributed by atoms with E-state index in [4.69, 9.17) is 23.2 Å². The molecular formula is C19H20Cl2N2O3S. The smallest absolute Gasteiger partial charge is 0.263 e. The Balaban J connectivity index is 1.83. The summed E-state index contributed by atoms with van der Waals surface area (Å²) in [6.07, 6.45) is 4.24. The number of likely N-dealkylation sites (tertiary alicyclic amines) is 1. The van der Waals surface area contributed by atoms with E-state index in [0.717, 1.165) is 38.8 Å². The minimum atomic E-state index is -3.93. The molecule has 0 aromatic heterocycles. The number of halogens is 2. The first-order chi connectivity index (χ1) is 12.9. The van der Waals surface area contributed by atoms with Crippen molar-refractivity contribution < 1.29 is 13.2 Å². The number of anilines is 1. The highest BCUT2D eigenvalue weighted by molar-refractivity contribution is 7.92. The van der Waals surface area contributed by atoms with Gasteiger partial charge in [-0.25, -0.2) is 8.42 Å². The molecule has 1 saturated heterocycles. The Kier molecular flexibility index (Phi) is 6.29. The molecule has 0 atom stereocenters. The molecule has 27 heavy (non-hydrogen) atoms. The Morgan fingerprint density at radius 3 is 2.37 bits per heavy atom. The fraction of sp³-hybridized carbons (Fsp3) is 0.316. The zero-order valence-electron chi connectivity index (χ0n) is 14.6. The van der Waals surface area contributed by atoms with E-state index in [9.17, 15) is 13.2 Å². The number of hydrogen-bond acceptors (Lipinski definition) is 3. The predicted molar refractivity (Wildman–Crippen MR) is 108 cm³/mol. The van der Waals surface area contributed by atoms with Gasteiger partial charge in [-0.05, 0) is 49.2 Å². The molecule has 1 N–H and O–H groups in total. The van der Waals surface area contributed by atoms with Crippen LogP contribution in [0.1, 0.15) is 36.0 Å². The van der Waals surface area contributed by atoms with Gasteiger partial charge >= 0.3 is 0 Å². The zero-order chi connectivity index (χ0) is 19.4. The van der Waals surface area contributed by atoms with Crippen molar-refractivity contribution in [2.24, 2.45) is 0 Å². The zero-order valence-corrected chi connectivity index (χ0v) is 16.9. The van der Waals surface area contributed by atoms with Crippen LogP contribution in [0.2, 0.25) is 10.0 Å². The molecule has 0 unspecified atom stereocenters. The molecule has 1 amide bonds. The van der Waals surface area contributed by atoms with Gasteiger partial charge in [0.1, 0.15) is 4.90 Å². The third kappa shape index (κ3) is 4.94. The van der Waals surface area contributed by atoms with E-state index in [1.807, 2.05) is 4.90 Å². The van der Waals surface area contributed by atoms with Crippen LogP contribution in [-0.2, 0) is 10.0 Å². The van der Waals surface area contributed by atoms with Gasteiger partial charge in [0.25, 0.3) is 15.9 Å². The number of amides is 1. The van der Waals surface area contributed by atoms with E-state index in [1.165, 1.54) is 18.2 Å². The monoisotopic (exact) mass is 426 g/mol. The normalized spacial score (nSPS) is 15.3. The second kappa shape index (κ2) is 8.50. The predicted octanol–water partition coefficient (Wildman–Crippen LogP) is 4.81. The number of nitrogens with zero attached hydrogens (tertiary/aromatic N) is 1. The summed E-state index contributed by atoms with van der Waals surface area (Å²) in [5.41, 5.74) is 0.751. The molecule has 144 valence electrons. The Bertz CT molecular complexity index is 940. The van der Waals surface area contributed by atoms with Crippen molar-refractivity contribution in [1.82, 2.24) is 4.90 Å². The first kappa shape index (κ1) is 20.0. The lowest BCUT2D eigenvalue weighted by molar-refractivity contribution is 0.0761. The summed E-state index contributed by atoms with van der Waals surface area (Å²) >= 11 is 11.9. The van der Waals surface area contributed by atoms with Crippen molar-refractivity contribution in [3.8, 4) is 0 Å². The SMILES string of the molecule is O=C(c1cccc(NS(=O)(=O)c2cc(Cl)ccc2Cl)c1)N1CCCCCC1. The molecule has 1 aliphatic rings. The second-order valence-electron chi connectivity index (χ2n) is 6.47. The number of benzene rings is 2. The van der Waals surface area contributed by atoms with E-state index in [2.05, 4.69) is 4.72 Å². The quantitative estimate of drug-likeness (QED) is 0.762. The van der Waals surface area contributed by atoms with E-state index < -0.39 is 10.0 Å². The summed E-state index contributed by atoms with van der Waals surface area (Å²) in [4.78, 5) is 14.5. The molecule has 1 aliphatic heterocycles. The van der Waals surface area contributed by atoms with Gasteiger partial charge in [0.15, 0.2) is 0 Å². The third-order valence-electron chi connectivity index (χ3n) is 4.44. The van der Waals surface area contributed by atoms with Crippen LogP contribution in [0, 0.1) is 0 Å². The molecule has 1 heterocycles. The van der Waals surface area contributed by atoms with Crippen LogP contribution in [0.15, 0.2) is 47.4 Å². The first-order valence-corrected chi connectivity index (χ1v) is 11.0. The fourth-order valence-corrected chi connectivity index (χ4v) is 4.88. The van der Waals surface area contributed by atoms with Crippen LogP contribution >= 0.6 is 23.2 Å². The minimum Gasteiger partial charge on any atom is -0.339 e. The lowest BCUT2D eigenvalue weighted by Gasteiger charge is -2.20. The highest BCUT2D eigenvalue weighted by Gasteiger charge is 2.21. The van der Waals surface area contributed by atoms with E-state index >= 15 is 0 Å². The Labute approximate surface area is 169 Å². The molecule has 0 spiro atoms. The molecule has 5 nitrogen and oxygen atoms in total. The van der Waals surface area contributed by atoms with Gasteiger partial charge in [0.05, 0.1) is 5.02 Å². The Morgan fingerprint density at radius 2 is 1.67 bits per heavy atom. The topological polar surface area (TPSA) is 66.5 Å². The van der Waals surface area contributed by atoms with Gasteiger partial charge in [-0.1, -0.05) is 42.1 Å². The standard InChI is InChI=1S/C19H20Cl2N2O3S/c20-15-8-9-17(21)18(13-15)27(25,26)22-16-7-5-6-14(12-16)19(24)23-10-3-1-2-4-11-23/h5-9,12-13,22H,1-4,10-11H2. The van der Waals surface area contributed by atoms with Crippen molar-refractivity contribution in [3.05, 3.63) is 58.1 Å². The number of nitrogens with one attached hydrogen (secondary N) is 1. The number of carbonyl (C=O) groups excluding carboxylic acids is 1. The maximum atomic E-state index is 12.7. The van der Waals surface area contributed by atoms with Crippen LogP contribution in [-0.4, -0.2) is 32.3 Å². The molecule has 2 aromatic carbocycles. The van der Waals surface area contributed by atoms with Crippen LogP contribution < -0.4 is 4.72 Å². The molecule has 1 fully saturated rings. The molecule has 0 bridgehead atoms. The molecule has 0 saturated carbocycles. The van der Waals surface area contributed by atoms with Gasteiger partial charge in [0.2, 0.25) is 0 Å². The van der Waals surface area contributed by atoms with Crippen molar-refractivity contribution in [1.29, 1.82) is 0 Å². The summed E-state index contributed by atoms with van der Waals surface area (Å²) in [7, 11) is -3.93. The fourth-order valence-electron chi connectivity index (χ4n) is 3.07. The van der Waals surface area contributed by atoms with Gasteiger partial charge in [-0.2, -0.15) is 0 Å². The molecule has 0 aliphatic carbocycles. The second-order valence-corrected chi connectivity index (χ2v) is 8.96. The molecule has 0 radical (unpaired) electrons. The summed E-state index contributed by atoms with van der Waals surface area (Å²) in [6, 6.07) is 10.7. The van der Waals surface area contributed by atoms with E-state index in [-0.39, 0.29) is 20.8 Å². The molecule has 2 aromatic rings. The van der Waals surface area contributed by atoms with Crippen LogP contribution in [0.25, 0.3) is 0 Å². The highest BCUT2D eigenvalue weighted by Crippen LogP contribution is 2.27. The van der Waals surface area contributed by atoms with Crippen LogP contribution in [0.4, 0.5) is 5.69 Å². The number of hydrogen-bond donors (Lipinski definition) is 1. The summed E-state index contributed by atoms with van der Waals surface area (Å²) in [6.45, 7) is 1.46. The average Bonchev–Trinajstić information content (AvgIpc) is 2.92.